The molecule has 2 N–H and O–H groups in total. The van der Waals surface area contributed by atoms with Gasteiger partial charge in [-0.3, -0.25) is 9.59 Å². The van der Waals surface area contributed by atoms with Crippen LogP contribution >= 0.6 is 0 Å². The lowest BCUT2D eigenvalue weighted by Gasteiger charge is -2.20. The quantitative estimate of drug-likeness (QED) is 0.512. The van der Waals surface area contributed by atoms with E-state index in [-0.39, 0.29) is 23.1 Å². The smallest absolute Gasteiger partial charge is 0.243 e. The second kappa shape index (κ2) is 10.8. The molecule has 0 bridgehead atoms. The molecule has 9 heteroatoms. The summed E-state index contributed by atoms with van der Waals surface area (Å²) in [5.41, 5.74) is 2.95. The van der Waals surface area contributed by atoms with Crippen LogP contribution in [-0.2, 0) is 26.0 Å². The van der Waals surface area contributed by atoms with E-state index in [1.807, 2.05) is 12.1 Å². The molecular weight excluding hydrogens is 442 g/mol. The van der Waals surface area contributed by atoms with Crippen LogP contribution in [0, 0.1) is 6.92 Å². The first kappa shape index (κ1) is 24.7. The minimum atomic E-state index is -3.61. The van der Waals surface area contributed by atoms with E-state index in [0.29, 0.717) is 56.0 Å². The lowest BCUT2D eigenvalue weighted by molar-refractivity contribution is -0.117. The number of rotatable bonds is 10. The highest BCUT2D eigenvalue weighted by Gasteiger charge is 2.24. The molecular formula is C24H31N3O5S. The fraction of sp³-hybridized carbons (Fsp3) is 0.417. The first-order valence-corrected chi connectivity index (χ1v) is 12.6. The van der Waals surface area contributed by atoms with Gasteiger partial charge in [-0.1, -0.05) is 19.9 Å². The summed E-state index contributed by atoms with van der Waals surface area (Å²) in [4.78, 5) is 24.0. The Kier molecular flexibility index (Phi) is 8.10. The van der Waals surface area contributed by atoms with Gasteiger partial charge in [-0.05, 0) is 61.2 Å². The van der Waals surface area contributed by atoms with Crippen molar-refractivity contribution in [3.63, 3.8) is 0 Å². The van der Waals surface area contributed by atoms with Gasteiger partial charge in [-0.2, -0.15) is 4.31 Å². The standard InChI is InChI=1S/C24H31N3O5S/c1-4-27(5-2)33(30,31)22-16-19(10-8-17(22)3)25-23(28)7-6-14-32-20-11-12-21-18(15-20)9-13-24(29)26-21/h8,10-12,15-16H,4-7,9,13-14H2,1-3H3,(H,25,28)(H,26,29). The molecule has 33 heavy (non-hydrogen) atoms. The maximum Gasteiger partial charge on any atom is 0.243 e. The van der Waals surface area contributed by atoms with Crippen LogP contribution in [0.2, 0.25) is 0 Å². The molecule has 2 aromatic carbocycles. The van der Waals surface area contributed by atoms with Crippen LogP contribution < -0.4 is 15.4 Å². The molecule has 2 amide bonds. The Morgan fingerprint density at radius 2 is 1.88 bits per heavy atom. The second-order valence-corrected chi connectivity index (χ2v) is 9.84. The maximum atomic E-state index is 12.9. The molecule has 0 saturated heterocycles. The number of hydrogen-bond donors (Lipinski definition) is 2. The molecule has 0 aliphatic carbocycles. The van der Waals surface area contributed by atoms with Gasteiger partial charge in [0.1, 0.15) is 5.75 Å². The Labute approximate surface area is 195 Å². The van der Waals surface area contributed by atoms with Gasteiger partial charge in [0.15, 0.2) is 0 Å². The van der Waals surface area contributed by atoms with Crippen molar-refractivity contribution in [3.8, 4) is 5.75 Å². The molecule has 0 saturated carbocycles. The van der Waals surface area contributed by atoms with E-state index in [1.165, 1.54) is 10.4 Å². The minimum Gasteiger partial charge on any atom is -0.494 e. The molecule has 1 heterocycles. The SMILES string of the molecule is CCN(CC)S(=O)(=O)c1cc(NC(=O)CCCOc2ccc3c(c2)CCC(=O)N3)ccc1C. The van der Waals surface area contributed by atoms with Crippen LogP contribution in [0.1, 0.15) is 44.2 Å². The first-order chi connectivity index (χ1) is 15.7. The third kappa shape index (κ3) is 6.11. The van der Waals surface area contributed by atoms with Crippen LogP contribution in [-0.4, -0.2) is 44.2 Å². The molecule has 1 aliphatic rings. The van der Waals surface area contributed by atoms with Crippen molar-refractivity contribution >= 4 is 33.2 Å². The van der Waals surface area contributed by atoms with E-state index >= 15 is 0 Å². The van der Waals surface area contributed by atoms with Gasteiger partial charge in [0.2, 0.25) is 21.8 Å². The molecule has 3 rings (SSSR count). The minimum absolute atomic E-state index is 0.0218. The van der Waals surface area contributed by atoms with Crippen molar-refractivity contribution in [2.75, 3.05) is 30.3 Å². The van der Waals surface area contributed by atoms with E-state index in [1.54, 1.807) is 39.0 Å². The number of carbonyl (C=O) groups is 2. The number of nitrogens with one attached hydrogen (secondary N) is 2. The molecule has 8 nitrogen and oxygen atoms in total. The zero-order valence-corrected chi connectivity index (χ0v) is 20.1. The maximum absolute atomic E-state index is 12.9. The number of amides is 2. The zero-order chi connectivity index (χ0) is 24.0. The highest BCUT2D eigenvalue weighted by Crippen LogP contribution is 2.27. The molecule has 0 aromatic heterocycles. The number of fused-ring (bicyclic) bond motifs is 1. The molecule has 0 fully saturated rings. The van der Waals surface area contributed by atoms with E-state index in [2.05, 4.69) is 10.6 Å². The lowest BCUT2D eigenvalue weighted by atomic mass is 10.0. The summed E-state index contributed by atoms with van der Waals surface area (Å²) < 4.78 is 32.9. The number of ether oxygens (including phenoxy) is 1. The summed E-state index contributed by atoms with van der Waals surface area (Å²) in [6.45, 7) is 6.47. The highest BCUT2D eigenvalue weighted by atomic mass is 32.2. The normalized spacial score (nSPS) is 13.4. The van der Waals surface area contributed by atoms with E-state index < -0.39 is 10.0 Å². The number of aryl methyl sites for hydroxylation is 2. The molecule has 0 unspecified atom stereocenters. The van der Waals surface area contributed by atoms with Crippen molar-refractivity contribution in [3.05, 3.63) is 47.5 Å². The van der Waals surface area contributed by atoms with Crippen LogP contribution in [0.5, 0.6) is 5.75 Å². The summed E-state index contributed by atoms with van der Waals surface area (Å²) in [5.74, 6) is 0.519. The molecule has 0 spiro atoms. The summed E-state index contributed by atoms with van der Waals surface area (Å²) in [5, 5.41) is 5.62. The van der Waals surface area contributed by atoms with Crippen LogP contribution in [0.15, 0.2) is 41.3 Å². The average Bonchev–Trinajstić information content (AvgIpc) is 2.78. The van der Waals surface area contributed by atoms with E-state index in [0.717, 1.165) is 11.3 Å². The third-order valence-electron chi connectivity index (χ3n) is 5.58. The Hall–Kier alpha value is -2.91. The van der Waals surface area contributed by atoms with Crippen LogP contribution in [0.3, 0.4) is 0 Å². The van der Waals surface area contributed by atoms with Crippen molar-refractivity contribution in [1.82, 2.24) is 4.31 Å². The monoisotopic (exact) mass is 473 g/mol. The zero-order valence-electron chi connectivity index (χ0n) is 19.3. The average molecular weight is 474 g/mol. The highest BCUT2D eigenvalue weighted by molar-refractivity contribution is 7.89. The van der Waals surface area contributed by atoms with E-state index in [9.17, 15) is 18.0 Å². The molecule has 0 radical (unpaired) electrons. The molecule has 1 aliphatic heterocycles. The largest absolute Gasteiger partial charge is 0.494 e. The summed E-state index contributed by atoms with van der Waals surface area (Å²) in [6, 6.07) is 10.5. The molecule has 2 aromatic rings. The first-order valence-electron chi connectivity index (χ1n) is 11.2. The second-order valence-electron chi connectivity index (χ2n) is 7.94. The van der Waals surface area contributed by atoms with Gasteiger partial charge in [0.05, 0.1) is 11.5 Å². The van der Waals surface area contributed by atoms with E-state index in [4.69, 9.17) is 4.74 Å². The third-order valence-corrected chi connectivity index (χ3v) is 7.78. The Balaban J connectivity index is 1.53. The van der Waals surface area contributed by atoms with Gasteiger partial charge < -0.3 is 15.4 Å². The number of anilines is 2. The number of sulfonamides is 1. The van der Waals surface area contributed by atoms with Gasteiger partial charge in [-0.15, -0.1) is 0 Å². The summed E-state index contributed by atoms with van der Waals surface area (Å²) in [6.07, 6.45) is 1.90. The van der Waals surface area contributed by atoms with Gasteiger partial charge >= 0.3 is 0 Å². The number of nitrogens with zero attached hydrogens (tertiary/aromatic N) is 1. The topological polar surface area (TPSA) is 105 Å². The predicted molar refractivity (Wildman–Crippen MR) is 128 cm³/mol. The van der Waals surface area contributed by atoms with Crippen LogP contribution in [0.25, 0.3) is 0 Å². The van der Waals surface area contributed by atoms with Crippen molar-refractivity contribution in [2.45, 2.75) is 51.3 Å². The Morgan fingerprint density at radius 3 is 2.61 bits per heavy atom. The number of hydrogen-bond acceptors (Lipinski definition) is 5. The van der Waals surface area contributed by atoms with Crippen molar-refractivity contribution in [1.29, 1.82) is 0 Å². The number of benzene rings is 2. The fourth-order valence-corrected chi connectivity index (χ4v) is 5.46. The Morgan fingerprint density at radius 1 is 1.12 bits per heavy atom. The van der Waals surface area contributed by atoms with Gasteiger partial charge in [0, 0.05) is 37.3 Å². The van der Waals surface area contributed by atoms with Gasteiger partial charge in [-0.25, -0.2) is 8.42 Å². The summed E-state index contributed by atoms with van der Waals surface area (Å²) in [7, 11) is -3.61. The van der Waals surface area contributed by atoms with Gasteiger partial charge in [0.25, 0.3) is 0 Å². The lowest BCUT2D eigenvalue weighted by Crippen LogP contribution is -2.31. The van der Waals surface area contributed by atoms with Crippen LogP contribution in [0.4, 0.5) is 11.4 Å². The summed E-state index contributed by atoms with van der Waals surface area (Å²) >= 11 is 0. The molecule has 0 atom stereocenters. The Bertz CT molecular complexity index is 1130. The predicted octanol–water partition coefficient (Wildman–Crippen LogP) is 3.71. The van der Waals surface area contributed by atoms with Crippen molar-refractivity contribution in [2.24, 2.45) is 0 Å². The fourth-order valence-electron chi connectivity index (χ4n) is 3.75. The molecule has 178 valence electrons. The number of carbonyl (C=O) groups excluding carboxylic acids is 2. The van der Waals surface area contributed by atoms with Crippen molar-refractivity contribution < 1.29 is 22.7 Å².